The van der Waals surface area contributed by atoms with Crippen LogP contribution in [0.3, 0.4) is 0 Å². The van der Waals surface area contributed by atoms with Crippen molar-refractivity contribution >= 4 is 11.3 Å². The molecule has 4 heteroatoms. The quantitative estimate of drug-likeness (QED) is 0.873. The first-order chi connectivity index (χ1) is 7.85. The highest BCUT2D eigenvalue weighted by atomic mass is 32.1. The van der Waals surface area contributed by atoms with E-state index >= 15 is 0 Å². The molecule has 1 aromatic rings. The minimum absolute atomic E-state index is 0.365. The van der Waals surface area contributed by atoms with Gasteiger partial charge in [0.2, 0.25) is 0 Å². The van der Waals surface area contributed by atoms with Gasteiger partial charge in [0, 0.05) is 25.7 Å². The van der Waals surface area contributed by atoms with Crippen molar-refractivity contribution in [2.24, 2.45) is 5.73 Å². The number of nitrogens with two attached hydrogens (primary N) is 1. The van der Waals surface area contributed by atoms with Crippen LogP contribution in [0.15, 0.2) is 16.8 Å². The number of ether oxygens (including phenoxy) is 1. The molecule has 2 atom stereocenters. The maximum absolute atomic E-state index is 5.90. The average molecular weight is 240 g/mol. The highest BCUT2D eigenvalue weighted by Gasteiger charge is 2.25. The molecule has 0 radical (unpaired) electrons. The smallest absolute Gasteiger partial charge is 0.0700 e. The Morgan fingerprint density at radius 3 is 3.19 bits per heavy atom. The van der Waals surface area contributed by atoms with E-state index in [0.29, 0.717) is 18.7 Å². The van der Waals surface area contributed by atoms with Gasteiger partial charge in [-0.1, -0.05) is 6.92 Å². The zero-order valence-corrected chi connectivity index (χ0v) is 10.6. The summed E-state index contributed by atoms with van der Waals surface area (Å²) in [5.74, 6) is 0. The minimum Gasteiger partial charge on any atom is -0.376 e. The third-order valence-electron chi connectivity index (χ3n) is 3.22. The molecule has 2 unspecified atom stereocenters. The van der Waals surface area contributed by atoms with Gasteiger partial charge in [0.25, 0.3) is 0 Å². The highest BCUT2D eigenvalue weighted by molar-refractivity contribution is 7.07. The van der Waals surface area contributed by atoms with Crippen LogP contribution in [0.2, 0.25) is 0 Å². The predicted molar refractivity (Wildman–Crippen MR) is 67.7 cm³/mol. The molecule has 1 saturated heterocycles. The first-order valence-corrected chi connectivity index (χ1v) is 6.87. The number of thiophene rings is 1. The second-order valence-electron chi connectivity index (χ2n) is 4.20. The molecule has 1 aliphatic heterocycles. The second-order valence-corrected chi connectivity index (χ2v) is 4.98. The van der Waals surface area contributed by atoms with Crippen LogP contribution in [0, 0.1) is 0 Å². The van der Waals surface area contributed by atoms with Crippen molar-refractivity contribution < 1.29 is 4.74 Å². The molecular formula is C12H20N2OS. The molecule has 1 fully saturated rings. The number of hydrogen-bond acceptors (Lipinski definition) is 4. The molecule has 2 heterocycles. The third kappa shape index (κ3) is 2.63. The summed E-state index contributed by atoms with van der Waals surface area (Å²) in [5, 5.41) is 4.32. The highest BCUT2D eigenvalue weighted by Crippen LogP contribution is 2.24. The van der Waals surface area contributed by atoms with Gasteiger partial charge < -0.3 is 10.5 Å². The van der Waals surface area contributed by atoms with E-state index in [4.69, 9.17) is 10.5 Å². The topological polar surface area (TPSA) is 38.5 Å². The zero-order chi connectivity index (χ0) is 11.4. The van der Waals surface area contributed by atoms with E-state index in [2.05, 4.69) is 28.7 Å². The van der Waals surface area contributed by atoms with Crippen molar-refractivity contribution in [1.82, 2.24) is 4.90 Å². The second kappa shape index (κ2) is 5.77. The van der Waals surface area contributed by atoms with Crippen LogP contribution < -0.4 is 5.73 Å². The van der Waals surface area contributed by atoms with Crippen LogP contribution in [-0.2, 0) is 4.74 Å². The number of nitrogens with zero attached hydrogens (tertiary/aromatic N) is 1. The van der Waals surface area contributed by atoms with Gasteiger partial charge in [-0.25, -0.2) is 0 Å². The molecule has 0 bridgehead atoms. The van der Waals surface area contributed by atoms with Gasteiger partial charge in [-0.15, -0.1) is 0 Å². The normalized spacial score (nSPS) is 24.5. The van der Waals surface area contributed by atoms with Gasteiger partial charge in [-0.2, -0.15) is 11.3 Å². The van der Waals surface area contributed by atoms with E-state index in [1.54, 1.807) is 11.3 Å². The van der Waals surface area contributed by atoms with E-state index in [0.717, 1.165) is 26.1 Å². The van der Waals surface area contributed by atoms with Crippen LogP contribution in [0.5, 0.6) is 0 Å². The lowest BCUT2D eigenvalue weighted by atomic mass is 10.1. The SMILES string of the molecule is CCC1CN(C(CN)c2ccsc2)CCO1. The van der Waals surface area contributed by atoms with Gasteiger partial charge in [0.05, 0.1) is 12.7 Å². The first kappa shape index (κ1) is 12.0. The van der Waals surface area contributed by atoms with Gasteiger partial charge in [-0.3, -0.25) is 4.90 Å². The number of rotatable bonds is 4. The lowest BCUT2D eigenvalue weighted by molar-refractivity contribution is -0.0436. The molecule has 16 heavy (non-hydrogen) atoms. The van der Waals surface area contributed by atoms with Crippen molar-refractivity contribution in [3.05, 3.63) is 22.4 Å². The fraction of sp³-hybridized carbons (Fsp3) is 0.667. The Kier molecular flexibility index (Phi) is 4.35. The van der Waals surface area contributed by atoms with Crippen molar-refractivity contribution in [2.75, 3.05) is 26.2 Å². The standard InChI is InChI=1S/C12H20N2OS/c1-2-11-8-14(4-5-15-11)12(7-13)10-3-6-16-9-10/h3,6,9,11-12H,2,4-5,7-8,13H2,1H3. The number of morpholine rings is 1. The molecule has 90 valence electrons. The van der Waals surface area contributed by atoms with E-state index in [-0.39, 0.29) is 0 Å². The molecule has 0 spiro atoms. The first-order valence-electron chi connectivity index (χ1n) is 5.93. The molecule has 0 amide bonds. The summed E-state index contributed by atoms with van der Waals surface area (Å²) in [4.78, 5) is 2.46. The fourth-order valence-corrected chi connectivity index (χ4v) is 2.94. The molecule has 1 aliphatic rings. The molecule has 3 nitrogen and oxygen atoms in total. The number of hydrogen-bond donors (Lipinski definition) is 1. The maximum Gasteiger partial charge on any atom is 0.0700 e. The third-order valence-corrected chi connectivity index (χ3v) is 3.92. The van der Waals surface area contributed by atoms with Crippen LogP contribution in [0.4, 0.5) is 0 Å². The van der Waals surface area contributed by atoms with Crippen molar-refractivity contribution in [2.45, 2.75) is 25.5 Å². The molecule has 0 aliphatic carbocycles. The Balaban J connectivity index is 2.03. The Hall–Kier alpha value is -0.420. The Morgan fingerprint density at radius 2 is 2.56 bits per heavy atom. The summed E-state index contributed by atoms with van der Waals surface area (Å²) in [5.41, 5.74) is 7.26. The van der Waals surface area contributed by atoms with Crippen molar-refractivity contribution in [3.8, 4) is 0 Å². The van der Waals surface area contributed by atoms with Crippen LogP contribution >= 0.6 is 11.3 Å². The molecular weight excluding hydrogens is 220 g/mol. The van der Waals surface area contributed by atoms with Crippen LogP contribution in [-0.4, -0.2) is 37.2 Å². The van der Waals surface area contributed by atoms with E-state index in [1.807, 2.05) is 0 Å². The van der Waals surface area contributed by atoms with Crippen molar-refractivity contribution in [3.63, 3.8) is 0 Å². The average Bonchev–Trinajstić information content (AvgIpc) is 2.84. The predicted octanol–water partition coefficient (Wildman–Crippen LogP) is 1.86. The molecule has 2 rings (SSSR count). The minimum atomic E-state index is 0.365. The summed E-state index contributed by atoms with van der Waals surface area (Å²) in [6, 6.07) is 2.54. The van der Waals surface area contributed by atoms with Gasteiger partial charge in [0.1, 0.15) is 0 Å². The molecule has 0 saturated carbocycles. The van der Waals surface area contributed by atoms with E-state index in [1.165, 1.54) is 5.56 Å². The fourth-order valence-electron chi connectivity index (χ4n) is 2.23. The molecule has 0 aromatic carbocycles. The van der Waals surface area contributed by atoms with Crippen LogP contribution in [0.25, 0.3) is 0 Å². The summed E-state index contributed by atoms with van der Waals surface area (Å²) in [6.07, 6.45) is 1.46. The van der Waals surface area contributed by atoms with Gasteiger partial charge in [0.15, 0.2) is 0 Å². The van der Waals surface area contributed by atoms with Gasteiger partial charge in [-0.05, 0) is 28.8 Å². The summed E-state index contributed by atoms with van der Waals surface area (Å²) in [6.45, 7) is 5.70. The van der Waals surface area contributed by atoms with E-state index in [9.17, 15) is 0 Å². The Labute approximate surface area is 101 Å². The Bertz CT molecular complexity index is 302. The van der Waals surface area contributed by atoms with Crippen molar-refractivity contribution in [1.29, 1.82) is 0 Å². The lowest BCUT2D eigenvalue weighted by Crippen LogP contribution is -2.45. The monoisotopic (exact) mass is 240 g/mol. The van der Waals surface area contributed by atoms with Gasteiger partial charge >= 0.3 is 0 Å². The zero-order valence-electron chi connectivity index (χ0n) is 9.76. The summed E-state index contributed by atoms with van der Waals surface area (Å²) < 4.78 is 5.69. The Morgan fingerprint density at radius 1 is 1.69 bits per heavy atom. The van der Waals surface area contributed by atoms with E-state index < -0.39 is 0 Å². The molecule has 1 aromatic heterocycles. The summed E-state index contributed by atoms with van der Waals surface area (Å²) >= 11 is 1.74. The largest absolute Gasteiger partial charge is 0.376 e. The van der Waals surface area contributed by atoms with Crippen LogP contribution in [0.1, 0.15) is 24.9 Å². The molecule has 2 N–H and O–H groups in total. The lowest BCUT2D eigenvalue weighted by Gasteiger charge is -2.37. The maximum atomic E-state index is 5.90. The summed E-state index contributed by atoms with van der Waals surface area (Å²) in [7, 11) is 0.